The van der Waals surface area contributed by atoms with Gasteiger partial charge in [0.15, 0.2) is 11.4 Å². The highest BCUT2D eigenvalue weighted by molar-refractivity contribution is 7.90. The third-order valence-corrected chi connectivity index (χ3v) is 17.8. The summed E-state index contributed by atoms with van der Waals surface area (Å²) in [5, 5.41) is 16.6. The fraction of sp³-hybridized carbons (Fsp3) is 0.500. The van der Waals surface area contributed by atoms with Gasteiger partial charge in [-0.1, -0.05) is 38.1 Å². The smallest absolute Gasteiger partial charge is 0.297 e. The molecule has 7 aliphatic rings. The van der Waals surface area contributed by atoms with Crippen LogP contribution in [0.3, 0.4) is 0 Å². The average Bonchev–Trinajstić information content (AvgIpc) is 4.16. The Morgan fingerprint density at radius 1 is 0.943 bits per heavy atom. The predicted molar refractivity (Wildman–Crippen MR) is 264 cm³/mol. The number of amides is 1. The van der Waals surface area contributed by atoms with Gasteiger partial charge in [0.2, 0.25) is 5.88 Å². The van der Waals surface area contributed by atoms with Crippen molar-refractivity contribution in [2.45, 2.75) is 106 Å². The minimum atomic E-state index is -4.68. The molecular formula is C52H60N8O9S. The molecule has 3 N–H and O–H groups in total. The number of piperidine rings is 1. The molecule has 12 rings (SSSR count). The highest BCUT2D eigenvalue weighted by Gasteiger charge is 2.50. The molecule has 0 bridgehead atoms. The van der Waals surface area contributed by atoms with Crippen LogP contribution in [0.2, 0.25) is 0 Å². The molecule has 4 saturated heterocycles. The summed E-state index contributed by atoms with van der Waals surface area (Å²) in [6.45, 7) is 9.41. The van der Waals surface area contributed by atoms with Crippen LogP contribution in [0.1, 0.15) is 98.7 Å². The van der Waals surface area contributed by atoms with E-state index in [2.05, 4.69) is 62.9 Å². The van der Waals surface area contributed by atoms with Crippen LogP contribution in [0, 0.1) is 21.4 Å². The summed E-state index contributed by atoms with van der Waals surface area (Å²) in [6.07, 6.45) is 9.87. The summed E-state index contributed by atoms with van der Waals surface area (Å²) >= 11 is 0. The van der Waals surface area contributed by atoms with Crippen LogP contribution >= 0.6 is 0 Å². The number of sulfonamides is 1. The molecule has 6 aliphatic heterocycles. The molecule has 2 aromatic heterocycles. The molecule has 1 aliphatic carbocycles. The van der Waals surface area contributed by atoms with Crippen LogP contribution in [0.4, 0.5) is 28.4 Å². The maximum absolute atomic E-state index is 14.7. The highest BCUT2D eigenvalue weighted by atomic mass is 32.2. The number of anilines is 4. The molecular weight excluding hydrogens is 913 g/mol. The number of nitro benzene ring substituents is 1. The van der Waals surface area contributed by atoms with Crippen molar-refractivity contribution in [1.82, 2.24) is 19.6 Å². The molecule has 4 atom stereocenters. The van der Waals surface area contributed by atoms with E-state index in [0.29, 0.717) is 67.3 Å². The number of carbonyl (C=O) groups excluding carboxylic acids is 1. The largest absolute Gasteiger partial charge is 0.489 e. The third kappa shape index (κ3) is 8.00. The second kappa shape index (κ2) is 17.7. The van der Waals surface area contributed by atoms with Gasteiger partial charge in [0, 0.05) is 67.8 Å². The molecule has 5 aromatic rings. The maximum atomic E-state index is 14.7. The minimum absolute atomic E-state index is 0.0320. The quantitative estimate of drug-likeness (QED) is 0.0896. The van der Waals surface area contributed by atoms with E-state index in [1.165, 1.54) is 42.9 Å². The number of fused-ring (bicyclic) bond motifs is 4. The first kappa shape index (κ1) is 45.2. The van der Waals surface area contributed by atoms with Crippen molar-refractivity contribution in [1.29, 1.82) is 0 Å². The molecule has 1 amide bonds. The van der Waals surface area contributed by atoms with Crippen LogP contribution in [-0.2, 0) is 19.5 Å². The van der Waals surface area contributed by atoms with Gasteiger partial charge in [-0.15, -0.1) is 0 Å². The zero-order valence-corrected chi connectivity index (χ0v) is 40.4. The molecule has 3 aromatic carbocycles. The standard InChI is InChI=1S/C52H60N8O9S/c1-31(2)37-6-3-4-7-38(37)41-8-5-17-58(41)35-26-52(27-35)14-18-57(19-15-52)34-9-10-39(42(23-34)59-44-22-33-11-16-53-49(33)55-51(44)69-47-30-67-29-45(47)59)50(61)56-70(64,65)36-24-43(60(62)63)48-46(25-36)68-28-40(54-48)32-12-20-66-21-13-32/h3-4,6-7,9-11,16,22-25,31-32,35,40-41,45,47,54H,5,8,12-15,17-21,26-30H2,1-2H3,(H,53,55)(H,56,61)/t40-,41+,45+,47+/m1/s1. The maximum Gasteiger partial charge on any atom is 0.297 e. The minimum Gasteiger partial charge on any atom is -0.489 e. The number of pyridine rings is 1. The lowest BCUT2D eigenvalue weighted by Crippen LogP contribution is -2.55. The number of nitrogens with one attached hydrogen (secondary N) is 3. The van der Waals surface area contributed by atoms with E-state index in [1.807, 2.05) is 29.2 Å². The zero-order valence-electron chi connectivity index (χ0n) is 39.6. The van der Waals surface area contributed by atoms with E-state index in [1.54, 1.807) is 12.3 Å². The molecule has 0 radical (unpaired) electrons. The zero-order chi connectivity index (χ0) is 47.9. The summed E-state index contributed by atoms with van der Waals surface area (Å²) < 4.78 is 54.9. The molecule has 5 fully saturated rings. The summed E-state index contributed by atoms with van der Waals surface area (Å²) in [5.74, 6) is 0.167. The van der Waals surface area contributed by atoms with E-state index in [4.69, 9.17) is 23.9 Å². The van der Waals surface area contributed by atoms with E-state index < -0.39 is 37.5 Å². The van der Waals surface area contributed by atoms with Gasteiger partial charge in [0.05, 0.1) is 46.4 Å². The van der Waals surface area contributed by atoms with Crippen molar-refractivity contribution in [3.8, 4) is 11.6 Å². The Balaban J connectivity index is 0.831. The highest BCUT2D eigenvalue weighted by Crippen LogP contribution is 2.55. The number of aromatic amines is 1. The van der Waals surface area contributed by atoms with Crippen molar-refractivity contribution < 1.29 is 37.1 Å². The molecule has 0 unspecified atom stereocenters. The van der Waals surface area contributed by atoms with Gasteiger partial charge in [-0.2, -0.15) is 4.98 Å². The first-order valence-electron chi connectivity index (χ1n) is 25.0. The van der Waals surface area contributed by atoms with Gasteiger partial charge < -0.3 is 39.0 Å². The second-order valence-corrected chi connectivity index (χ2v) is 22.5. The number of nitrogens with zero attached hydrogens (tertiary/aromatic N) is 5. The van der Waals surface area contributed by atoms with Crippen LogP contribution in [-0.4, -0.2) is 111 Å². The van der Waals surface area contributed by atoms with Crippen LogP contribution in [0.5, 0.6) is 11.6 Å². The van der Waals surface area contributed by atoms with Crippen LogP contribution < -0.4 is 29.3 Å². The Morgan fingerprint density at radius 3 is 2.56 bits per heavy atom. The number of hydrogen-bond acceptors (Lipinski definition) is 14. The summed E-state index contributed by atoms with van der Waals surface area (Å²) in [4.78, 5) is 41.3. The molecule has 1 spiro atoms. The number of hydrogen-bond donors (Lipinski definition) is 3. The number of aromatic nitrogens is 2. The summed E-state index contributed by atoms with van der Waals surface area (Å²) in [7, 11) is -4.68. The molecule has 1 saturated carbocycles. The molecule has 8 heterocycles. The number of carbonyl (C=O) groups is 1. The number of rotatable bonds is 10. The Kier molecular flexibility index (Phi) is 11.4. The van der Waals surface area contributed by atoms with E-state index in [9.17, 15) is 23.3 Å². The Morgan fingerprint density at radius 2 is 1.76 bits per heavy atom. The van der Waals surface area contributed by atoms with Gasteiger partial charge >= 0.3 is 0 Å². The van der Waals surface area contributed by atoms with Gasteiger partial charge in [-0.3, -0.25) is 19.8 Å². The van der Waals surface area contributed by atoms with Crippen molar-refractivity contribution in [2.75, 3.05) is 67.8 Å². The lowest BCUT2D eigenvalue weighted by molar-refractivity contribution is -0.384. The molecule has 18 heteroatoms. The van der Waals surface area contributed by atoms with E-state index >= 15 is 0 Å². The number of H-pyrrole nitrogens is 1. The van der Waals surface area contributed by atoms with Crippen LogP contribution in [0.25, 0.3) is 11.0 Å². The Hall–Kier alpha value is -5.95. The number of likely N-dealkylation sites (tertiary alicyclic amines) is 1. The lowest BCUT2D eigenvalue weighted by atomic mass is 9.59. The van der Waals surface area contributed by atoms with Gasteiger partial charge in [0.25, 0.3) is 21.6 Å². The first-order chi connectivity index (χ1) is 33.9. The lowest BCUT2D eigenvalue weighted by Gasteiger charge is -2.56. The van der Waals surface area contributed by atoms with Crippen molar-refractivity contribution in [3.63, 3.8) is 0 Å². The summed E-state index contributed by atoms with van der Waals surface area (Å²) in [5.41, 5.74) is 5.66. The fourth-order valence-electron chi connectivity index (χ4n) is 12.7. The average molecular weight is 973 g/mol. The van der Waals surface area contributed by atoms with Crippen LogP contribution in [0.15, 0.2) is 77.8 Å². The SMILES string of the molecule is CC(C)c1ccccc1[C@@H]1CCCN1C1CC2(CCN(c3ccc(C(=O)NS(=O)(=O)c4cc5c(c([N+](=O)[O-])c4)N[C@@H](C4CCOCC4)CO5)c(N4c5cc6cc[nH]c6nc5O[C@H]5COC[C@@H]54)c3)CC2)C1. The van der Waals surface area contributed by atoms with E-state index in [0.717, 1.165) is 62.5 Å². The van der Waals surface area contributed by atoms with Crippen molar-refractivity contribution >= 4 is 55.4 Å². The fourth-order valence-corrected chi connectivity index (χ4v) is 13.7. The molecule has 17 nitrogen and oxygen atoms in total. The van der Waals surface area contributed by atoms with Gasteiger partial charge in [-0.05, 0) is 117 Å². The molecule has 368 valence electrons. The Bertz CT molecular complexity index is 2960. The van der Waals surface area contributed by atoms with Crippen molar-refractivity contribution in [3.05, 3.63) is 99.7 Å². The van der Waals surface area contributed by atoms with Gasteiger partial charge in [0.1, 0.15) is 24.0 Å². The third-order valence-electron chi connectivity index (χ3n) is 16.5. The normalized spacial score (nSPS) is 24.6. The second-order valence-electron chi connectivity index (χ2n) is 20.8. The van der Waals surface area contributed by atoms with Gasteiger partial charge in [-0.25, -0.2) is 13.1 Å². The predicted octanol–water partition coefficient (Wildman–Crippen LogP) is 8.20. The molecule has 70 heavy (non-hydrogen) atoms. The monoisotopic (exact) mass is 972 g/mol. The number of benzene rings is 3. The number of ether oxygens (including phenoxy) is 4. The first-order valence-corrected chi connectivity index (χ1v) is 26.5. The topological polar surface area (TPSA) is 194 Å². The number of nitro groups is 1. The van der Waals surface area contributed by atoms with E-state index in [-0.39, 0.29) is 47.0 Å². The van der Waals surface area contributed by atoms with Crippen molar-refractivity contribution in [2.24, 2.45) is 11.3 Å². The Labute approximate surface area is 407 Å². The summed E-state index contributed by atoms with van der Waals surface area (Å²) in [6, 6.07) is 21.2.